The van der Waals surface area contributed by atoms with Gasteiger partial charge in [-0.1, -0.05) is 38.0 Å². The fraction of sp³-hybridized carbons (Fsp3) is 0.538. The molecule has 75 valence electrons. The zero-order chi connectivity index (χ0) is 9.80. The predicted molar refractivity (Wildman–Crippen MR) is 57.5 cm³/mol. The lowest BCUT2D eigenvalue weighted by molar-refractivity contribution is 0.216. The van der Waals surface area contributed by atoms with E-state index >= 15 is 0 Å². The van der Waals surface area contributed by atoms with E-state index < -0.39 is 0 Å². The van der Waals surface area contributed by atoms with E-state index in [2.05, 4.69) is 19.1 Å². The van der Waals surface area contributed by atoms with Crippen molar-refractivity contribution in [1.82, 2.24) is 0 Å². The number of benzene rings is 1. The Bertz CT molecular complexity index is 268. The molecule has 0 amide bonds. The van der Waals surface area contributed by atoms with E-state index in [9.17, 15) is 0 Å². The summed E-state index contributed by atoms with van der Waals surface area (Å²) in [4.78, 5) is 0. The van der Waals surface area contributed by atoms with Crippen LogP contribution in [-0.2, 0) is 6.42 Å². The van der Waals surface area contributed by atoms with Crippen molar-refractivity contribution in [3.8, 4) is 5.75 Å². The van der Waals surface area contributed by atoms with Gasteiger partial charge in [-0.3, -0.25) is 0 Å². The summed E-state index contributed by atoms with van der Waals surface area (Å²) in [6.45, 7) is 2.23. The first-order chi connectivity index (χ1) is 6.90. The highest BCUT2D eigenvalue weighted by Gasteiger charge is 2.21. The summed E-state index contributed by atoms with van der Waals surface area (Å²) >= 11 is 0. The monoisotopic (exact) mass is 189 g/mol. The molecule has 0 spiro atoms. The van der Waals surface area contributed by atoms with Crippen LogP contribution in [0.25, 0.3) is 0 Å². The molecule has 1 nitrogen and oxygen atoms in total. The van der Waals surface area contributed by atoms with Crippen molar-refractivity contribution in [1.29, 1.82) is 0 Å². The Morgan fingerprint density at radius 1 is 1.50 bits per heavy atom. The molecule has 1 aliphatic heterocycles. The maximum atomic E-state index is 5.80. The third kappa shape index (κ3) is 2.09. The Balaban J connectivity index is 1.86. The lowest BCUT2D eigenvalue weighted by Gasteiger charge is -2.09. The van der Waals surface area contributed by atoms with Crippen LogP contribution >= 0.6 is 0 Å². The fourth-order valence-electron chi connectivity index (χ4n) is 1.96. The van der Waals surface area contributed by atoms with Gasteiger partial charge in [0, 0.05) is 12.5 Å². The van der Waals surface area contributed by atoms with Crippen LogP contribution in [0.4, 0.5) is 0 Å². The highest BCUT2D eigenvalue weighted by atomic mass is 16.5. The Morgan fingerprint density at radius 2 is 2.43 bits per heavy atom. The molecule has 0 aromatic heterocycles. The smallest absolute Gasteiger partial charge is 0.131 e. The van der Waals surface area contributed by atoms with E-state index in [1.54, 1.807) is 0 Å². The van der Waals surface area contributed by atoms with Gasteiger partial charge in [0.25, 0.3) is 0 Å². The second-order valence-corrected chi connectivity index (χ2v) is 3.96. The normalized spacial score (nSPS) is 19.1. The standard InChI is InChI=1S/C13H17O/c1-2-3-4-8-12-10-11-7-5-6-9-13(11)14-12/h5-7,12H,2-4,8,10H2,1H3. The molecule has 1 heterocycles. The summed E-state index contributed by atoms with van der Waals surface area (Å²) in [7, 11) is 0. The first-order valence-electron chi connectivity index (χ1n) is 5.56. The number of para-hydroxylation sites is 1. The van der Waals surface area contributed by atoms with Crippen molar-refractivity contribution >= 4 is 0 Å². The summed E-state index contributed by atoms with van der Waals surface area (Å²) in [6.07, 6.45) is 6.57. The van der Waals surface area contributed by atoms with Gasteiger partial charge in [0.2, 0.25) is 0 Å². The van der Waals surface area contributed by atoms with E-state index in [1.165, 1.54) is 31.2 Å². The molecule has 1 aromatic rings. The predicted octanol–water partition coefficient (Wildman–Crippen LogP) is 3.37. The first kappa shape index (κ1) is 9.57. The van der Waals surface area contributed by atoms with Crippen LogP contribution in [0.15, 0.2) is 18.2 Å². The van der Waals surface area contributed by atoms with Crippen LogP contribution in [0.5, 0.6) is 5.75 Å². The minimum absolute atomic E-state index is 0.412. The number of fused-ring (bicyclic) bond motifs is 1. The first-order valence-corrected chi connectivity index (χ1v) is 5.56. The molecular formula is C13H17O. The molecule has 1 aromatic carbocycles. The lowest BCUT2D eigenvalue weighted by Crippen LogP contribution is -2.12. The molecule has 1 unspecified atom stereocenters. The minimum Gasteiger partial charge on any atom is -0.489 e. The van der Waals surface area contributed by atoms with Crippen molar-refractivity contribution < 1.29 is 4.74 Å². The summed E-state index contributed by atoms with van der Waals surface area (Å²) in [6, 6.07) is 9.25. The van der Waals surface area contributed by atoms with Gasteiger partial charge in [0.15, 0.2) is 0 Å². The van der Waals surface area contributed by atoms with Crippen molar-refractivity contribution in [3.63, 3.8) is 0 Å². The van der Waals surface area contributed by atoms with Crippen molar-refractivity contribution in [2.75, 3.05) is 0 Å². The van der Waals surface area contributed by atoms with Crippen LogP contribution in [0.1, 0.15) is 38.2 Å². The number of ether oxygens (including phenoxy) is 1. The fourth-order valence-corrected chi connectivity index (χ4v) is 1.96. The van der Waals surface area contributed by atoms with Gasteiger partial charge in [-0.25, -0.2) is 0 Å². The SMILES string of the molecule is CCCCCC1Cc2ccc[c]c2O1. The van der Waals surface area contributed by atoms with Gasteiger partial charge in [-0.15, -0.1) is 0 Å². The van der Waals surface area contributed by atoms with Gasteiger partial charge in [-0.2, -0.15) is 0 Å². The minimum atomic E-state index is 0.412. The van der Waals surface area contributed by atoms with Crippen LogP contribution in [0, 0.1) is 6.07 Å². The van der Waals surface area contributed by atoms with Crippen LogP contribution in [0.2, 0.25) is 0 Å². The summed E-state index contributed by atoms with van der Waals surface area (Å²) < 4.78 is 5.80. The summed E-state index contributed by atoms with van der Waals surface area (Å²) in [5, 5.41) is 0. The Labute approximate surface area is 86.1 Å². The number of rotatable bonds is 4. The lowest BCUT2D eigenvalue weighted by atomic mass is 10.1. The van der Waals surface area contributed by atoms with Crippen molar-refractivity contribution in [3.05, 3.63) is 29.8 Å². The average molecular weight is 189 g/mol. The maximum absolute atomic E-state index is 5.80. The molecule has 1 aliphatic rings. The van der Waals surface area contributed by atoms with Crippen molar-refractivity contribution in [2.45, 2.75) is 45.1 Å². The highest BCUT2D eigenvalue weighted by molar-refractivity contribution is 5.36. The molecule has 0 N–H and O–H groups in total. The molecule has 0 fully saturated rings. The largest absolute Gasteiger partial charge is 0.489 e. The van der Waals surface area contributed by atoms with Gasteiger partial charge < -0.3 is 4.74 Å². The molecule has 2 rings (SSSR count). The maximum Gasteiger partial charge on any atom is 0.131 e. The average Bonchev–Trinajstić information content (AvgIpc) is 2.60. The van der Waals surface area contributed by atoms with Crippen LogP contribution in [-0.4, -0.2) is 6.10 Å². The van der Waals surface area contributed by atoms with Crippen LogP contribution in [0.3, 0.4) is 0 Å². The second kappa shape index (κ2) is 4.50. The molecule has 0 bridgehead atoms. The topological polar surface area (TPSA) is 9.23 Å². The van der Waals surface area contributed by atoms with E-state index in [0.29, 0.717) is 6.10 Å². The quantitative estimate of drug-likeness (QED) is 0.660. The van der Waals surface area contributed by atoms with Gasteiger partial charge in [0.05, 0.1) is 0 Å². The summed E-state index contributed by atoms with van der Waals surface area (Å²) in [5.74, 6) is 0.981. The zero-order valence-corrected chi connectivity index (χ0v) is 8.75. The van der Waals surface area contributed by atoms with E-state index in [0.717, 1.165) is 12.2 Å². The third-order valence-corrected chi connectivity index (χ3v) is 2.76. The molecule has 0 saturated heterocycles. The van der Waals surface area contributed by atoms with E-state index in [-0.39, 0.29) is 0 Å². The molecule has 14 heavy (non-hydrogen) atoms. The molecule has 1 atom stereocenters. The number of unbranched alkanes of at least 4 members (excludes halogenated alkanes) is 2. The van der Waals surface area contributed by atoms with E-state index in [1.807, 2.05) is 12.1 Å². The Hall–Kier alpha value is -0.980. The van der Waals surface area contributed by atoms with Gasteiger partial charge >= 0.3 is 0 Å². The molecule has 1 heteroatoms. The highest BCUT2D eigenvalue weighted by Crippen LogP contribution is 2.29. The molecule has 1 radical (unpaired) electrons. The Kier molecular flexibility index (Phi) is 3.07. The van der Waals surface area contributed by atoms with Gasteiger partial charge in [-0.05, 0) is 18.4 Å². The zero-order valence-electron chi connectivity index (χ0n) is 8.75. The second-order valence-electron chi connectivity index (χ2n) is 3.96. The van der Waals surface area contributed by atoms with E-state index in [4.69, 9.17) is 4.74 Å². The van der Waals surface area contributed by atoms with Gasteiger partial charge in [0.1, 0.15) is 11.9 Å². The van der Waals surface area contributed by atoms with Crippen molar-refractivity contribution in [2.24, 2.45) is 0 Å². The number of hydrogen-bond acceptors (Lipinski definition) is 1. The van der Waals surface area contributed by atoms with Crippen LogP contribution < -0.4 is 4.74 Å². The third-order valence-electron chi connectivity index (χ3n) is 2.76. The molecule has 0 saturated carbocycles. The number of hydrogen-bond donors (Lipinski definition) is 0. The molecular weight excluding hydrogens is 172 g/mol. The Morgan fingerprint density at radius 3 is 3.21 bits per heavy atom. The molecule has 0 aliphatic carbocycles. The summed E-state index contributed by atoms with van der Waals surface area (Å²) in [5.41, 5.74) is 1.33.